The molecule has 3 N–H and O–H groups in total. The minimum Gasteiger partial charge on any atom is -0.449 e. The zero-order valence-electron chi connectivity index (χ0n) is 18.8. The zero-order valence-corrected chi connectivity index (χ0v) is 18.8. The number of hydrogen-bond donors (Lipinski definition) is 3. The lowest BCUT2D eigenvalue weighted by Gasteiger charge is -2.22. The number of carbonyl (C=O) groups is 2. The first kappa shape index (κ1) is 23.3. The average Bonchev–Trinajstić information content (AvgIpc) is 3.37. The summed E-state index contributed by atoms with van der Waals surface area (Å²) in [5, 5.41) is 21.8. The van der Waals surface area contributed by atoms with E-state index < -0.39 is 12.2 Å². The van der Waals surface area contributed by atoms with E-state index in [-0.39, 0.29) is 24.5 Å². The van der Waals surface area contributed by atoms with Crippen molar-refractivity contribution in [3.63, 3.8) is 0 Å². The smallest absolute Gasteiger partial charge is 0.407 e. The van der Waals surface area contributed by atoms with E-state index in [1.807, 2.05) is 24.3 Å². The Morgan fingerprint density at radius 2 is 1.67 bits per heavy atom. The molecular formula is C26H32N2O5. The molecule has 2 atom stereocenters. The Labute approximate surface area is 194 Å². The van der Waals surface area contributed by atoms with E-state index >= 15 is 0 Å². The van der Waals surface area contributed by atoms with Crippen LogP contribution < -0.4 is 5.32 Å². The number of likely N-dealkylation sites (tertiary alicyclic amines) is 1. The predicted octanol–water partition coefficient (Wildman–Crippen LogP) is 3.04. The Bertz CT molecular complexity index is 933. The summed E-state index contributed by atoms with van der Waals surface area (Å²) < 4.78 is 5.53. The number of aliphatic hydroxyl groups excluding tert-OH is 2. The van der Waals surface area contributed by atoms with Gasteiger partial charge < -0.3 is 25.2 Å². The molecule has 1 aliphatic carbocycles. The molecule has 7 nitrogen and oxygen atoms in total. The quantitative estimate of drug-likeness (QED) is 0.508. The number of hydrogen-bond acceptors (Lipinski definition) is 5. The lowest BCUT2D eigenvalue weighted by molar-refractivity contribution is -0.133. The van der Waals surface area contributed by atoms with Gasteiger partial charge in [0.2, 0.25) is 5.91 Å². The summed E-state index contributed by atoms with van der Waals surface area (Å²) in [5.41, 5.74) is 4.77. The summed E-state index contributed by atoms with van der Waals surface area (Å²) in [5.74, 6) is 0.0103. The maximum Gasteiger partial charge on any atom is 0.407 e. The van der Waals surface area contributed by atoms with Crippen LogP contribution in [0.2, 0.25) is 0 Å². The van der Waals surface area contributed by atoms with Gasteiger partial charge in [-0.15, -0.1) is 0 Å². The predicted molar refractivity (Wildman–Crippen MR) is 125 cm³/mol. The maximum absolute atomic E-state index is 12.3. The number of benzene rings is 2. The molecule has 1 fully saturated rings. The number of unbranched alkanes of at least 4 members (excludes halogenated alkanes) is 2. The molecular weight excluding hydrogens is 420 g/mol. The number of ether oxygens (including phenoxy) is 1. The highest BCUT2D eigenvalue weighted by Gasteiger charge is 2.33. The standard InChI is InChI=1S/C26H32N2O5/c29-16-18-14-19(30)15-28(18)25(31)12-2-1-7-13-27-26(32)33-17-24-22-10-5-3-8-20(22)21-9-4-6-11-23(21)24/h3-6,8-11,18-19,24,29-30H,1-2,7,12-17H2,(H,27,32). The molecule has 1 aliphatic heterocycles. The van der Waals surface area contributed by atoms with Crippen molar-refractivity contribution < 1.29 is 24.5 Å². The van der Waals surface area contributed by atoms with Gasteiger partial charge in [0.25, 0.3) is 0 Å². The number of nitrogens with one attached hydrogen (secondary N) is 1. The summed E-state index contributed by atoms with van der Waals surface area (Å²) >= 11 is 0. The van der Waals surface area contributed by atoms with Crippen LogP contribution in [0.3, 0.4) is 0 Å². The molecule has 0 radical (unpaired) electrons. The van der Waals surface area contributed by atoms with Crippen LogP contribution in [0.1, 0.15) is 49.1 Å². The number of alkyl carbamates (subject to hydrolysis) is 1. The molecule has 176 valence electrons. The second-order valence-corrected chi connectivity index (χ2v) is 8.84. The number of aliphatic hydroxyl groups is 2. The van der Waals surface area contributed by atoms with Gasteiger partial charge in [0.05, 0.1) is 18.8 Å². The summed E-state index contributed by atoms with van der Waals surface area (Å²) in [6.07, 6.45) is 2.10. The minimum atomic E-state index is -0.549. The lowest BCUT2D eigenvalue weighted by Crippen LogP contribution is -2.37. The molecule has 1 heterocycles. The fourth-order valence-electron chi connectivity index (χ4n) is 4.93. The first-order valence-electron chi connectivity index (χ1n) is 11.8. The molecule has 1 saturated heterocycles. The van der Waals surface area contributed by atoms with E-state index in [0.29, 0.717) is 39.0 Å². The monoisotopic (exact) mass is 452 g/mol. The fraction of sp³-hybridized carbons (Fsp3) is 0.462. The first-order chi connectivity index (χ1) is 16.1. The van der Waals surface area contributed by atoms with Crippen LogP contribution in [-0.4, -0.2) is 65.6 Å². The van der Waals surface area contributed by atoms with Gasteiger partial charge in [0.15, 0.2) is 0 Å². The van der Waals surface area contributed by atoms with E-state index in [9.17, 15) is 19.8 Å². The Kier molecular flexibility index (Phi) is 7.62. The second kappa shape index (κ2) is 10.8. The van der Waals surface area contributed by atoms with Crippen LogP contribution in [0.15, 0.2) is 48.5 Å². The average molecular weight is 453 g/mol. The summed E-state index contributed by atoms with van der Waals surface area (Å²) in [6, 6.07) is 16.2. The highest BCUT2D eigenvalue weighted by atomic mass is 16.5. The number of carbonyl (C=O) groups excluding carboxylic acids is 2. The lowest BCUT2D eigenvalue weighted by atomic mass is 9.98. The van der Waals surface area contributed by atoms with E-state index in [0.717, 1.165) is 12.8 Å². The molecule has 0 saturated carbocycles. The van der Waals surface area contributed by atoms with Gasteiger partial charge in [0.1, 0.15) is 6.61 Å². The van der Waals surface area contributed by atoms with Crippen molar-refractivity contribution in [2.24, 2.45) is 0 Å². The molecule has 0 bridgehead atoms. The van der Waals surface area contributed by atoms with E-state index in [1.165, 1.54) is 22.3 Å². The summed E-state index contributed by atoms with van der Waals surface area (Å²) in [4.78, 5) is 26.1. The number of rotatable bonds is 9. The Morgan fingerprint density at radius 1 is 1.00 bits per heavy atom. The molecule has 2 unspecified atom stereocenters. The van der Waals surface area contributed by atoms with Gasteiger partial charge in [-0.1, -0.05) is 55.0 Å². The van der Waals surface area contributed by atoms with Crippen molar-refractivity contribution in [1.29, 1.82) is 0 Å². The van der Waals surface area contributed by atoms with Crippen LogP contribution in [0.5, 0.6) is 0 Å². The van der Waals surface area contributed by atoms with Crippen LogP contribution in [-0.2, 0) is 9.53 Å². The van der Waals surface area contributed by atoms with Crippen molar-refractivity contribution in [1.82, 2.24) is 10.2 Å². The number of nitrogens with zero attached hydrogens (tertiary/aromatic N) is 1. The molecule has 2 amide bonds. The minimum absolute atomic E-state index is 0.0323. The highest BCUT2D eigenvalue weighted by molar-refractivity contribution is 5.79. The Balaban J connectivity index is 1.15. The molecule has 2 aromatic rings. The Hall–Kier alpha value is -2.90. The highest BCUT2D eigenvalue weighted by Crippen LogP contribution is 2.44. The number of fused-ring (bicyclic) bond motifs is 3. The molecule has 0 aromatic heterocycles. The van der Waals surface area contributed by atoms with Crippen LogP contribution in [0.25, 0.3) is 11.1 Å². The molecule has 7 heteroatoms. The molecule has 2 aliphatic rings. The molecule has 4 rings (SSSR count). The van der Waals surface area contributed by atoms with Crippen molar-refractivity contribution >= 4 is 12.0 Å². The zero-order chi connectivity index (χ0) is 23.2. The van der Waals surface area contributed by atoms with E-state index in [4.69, 9.17) is 4.74 Å². The fourth-order valence-corrected chi connectivity index (χ4v) is 4.93. The largest absolute Gasteiger partial charge is 0.449 e. The van der Waals surface area contributed by atoms with Gasteiger partial charge in [-0.25, -0.2) is 4.79 Å². The van der Waals surface area contributed by atoms with Crippen molar-refractivity contribution in [2.75, 3.05) is 26.3 Å². The third-order valence-electron chi connectivity index (χ3n) is 6.60. The van der Waals surface area contributed by atoms with Gasteiger partial charge in [-0.05, 0) is 41.5 Å². The maximum atomic E-state index is 12.3. The Morgan fingerprint density at radius 3 is 2.33 bits per heavy atom. The summed E-state index contributed by atoms with van der Waals surface area (Å²) in [7, 11) is 0. The van der Waals surface area contributed by atoms with Gasteiger partial charge in [-0.3, -0.25) is 4.79 Å². The number of amides is 2. The third kappa shape index (κ3) is 5.37. The van der Waals surface area contributed by atoms with Gasteiger partial charge in [0, 0.05) is 25.4 Å². The summed E-state index contributed by atoms with van der Waals surface area (Å²) in [6.45, 7) is 0.967. The van der Waals surface area contributed by atoms with E-state index in [1.54, 1.807) is 4.90 Å². The molecule has 2 aromatic carbocycles. The van der Waals surface area contributed by atoms with Gasteiger partial charge >= 0.3 is 6.09 Å². The van der Waals surface area contributed by atoms with Crippen LogP contribution in [0.4, 0.5) is 4.79 Å². The van der Waals surface area contributed by atoms with Crippen LogP contribution in [0, 0.1) is 0 Å². The molecule has 0 spiro atoms. The normalized spacial score (nSPS) is 19.3. The van der Waals surface area contributed by atoms with Crippen LogP contribution >= 0.6 is 0 Å². The molecule has 33 heavy (non-hydrogen) atoms. The van der Waals surface area contributed by atoms with Gasteiger partial charge in [-0.2, -0.15) is 0 Å². The van der Waals surface area contributed by atoms with Crippen molar-refractivity contribution in [3.8, 4) is 11.1 Å². The van der Waals surface area contributed by atoms with E-state index in [2.05, 4.69) is 29.6 Å². The van der Waals surface area contributed by atoms with Crippen molar-refractivity contribution in [2.45, 2.75) is 50.2 Å². The third-order valence-corrected chi connectivity index (χ3v) is 6.60. The first-order valence-corrected chi connectivity index (χ1v) is 11.8. The number of β-amino-alcohol motifs (C(OH)–C–C–N with tert-alkyl or cyclic N) is 1. The van der Waals surface area contributed by atoms with Crippen molar-refractivity contribution in [3.05, 3.63) is 59.7 Å². The SMILES string of the molecule is O=C(NCCCCCC(=O)N1CC(O)CC1CO)OCC1c2ccccc2-c2ccccc21. The second-order valence-electron chi connectivity index (χ2n) is 8.84. The topological polar surface area (TPSA) is 99.1 Å².